The normalized spacial score (nSPS) is 13.3. The van der Waals surface area contributed by atoms with Gasteiger partial charge < -0.3 is 15.8 Å². The zero-order valence-electron chi connectivity index (χ0n) is 11.9. The van der Waals surface area contributed by atoms with E-state index < -0.39 is 11.4 Å². The fraction of sp³-hybridized carbons (Fsp3) is 0.188. The summed E-state index contributed by atoms with van der Waals surface area (Å²) < 4.78 is 6.41. The third-order valence-corrected chi connectivity index (χ3v) is 4.13. The number of para-hydroxylation sites is 2. The number of primary amides is 1. The van der Waals surface area contributed by atoms with Crippen LogP contribution in [0, 0.1) is 3.57 Å². The summed E-state index contributed by atoms with van der Waals surface area (Å²) >= 11 is 2.22. The fourth-order valence-corrected chi connectivity index (χ4v) is 2.44. The molecule has 0 saturated carbocycles. The van der Waals surface area contributed by atoms with Crippen molar-refractivity contribution in [3.63, 3.8) is 0 Å². The third kappa shape index (κ3) is 3.29. The quantitative estimate of drug-likeness (QED) is 0.764. The lowest BCUT2D eigenvalue weighted by Gasteiger charge is -2.30. The van der Waals surface area contributed by atoms with Gasteiger partial charge in [-0.25, -0.2) is 0 Å². The Hall–Kier alpha value is -1.76. The molecule has 1 unspecified atom stereocenters. The number of methoxy groups -OCH3 is 1. The molecule has 5 heteroatoms. The highest BCUT2D eigenvalue weighted by atomic mass is 127. The first-order valence-corrected chi connectivity index (χ1v) is 7.52. The fourth-order valence-electron chi connectivity index (χ4n) is 2.08. The van der Waals surface area contributed by atoms with E-state index in [9.17, 15) is 4.79 Å². The third-order valence-electron chi connectivity index (χ3n) is 3.41. The van der Waals surface area contributed by atoms with Crippen molar-refractivity contribution in [1.29, 1.82) is 0 Å². The van der Waals surface area contributed by atoms with Crippen LogP contribution < -0.4 is 15.8 Å². The molecule has 0 saturated heterocycles. The van der Waals surface area contributed by atoms with Crippen molar-refractivity contribution in [3.8, 4) is 5.75 Å². The van der Waals surface area contributed by atoms with Gasteiger partial charge in [0.15, 0.2) is 0 Å². The Kier molecular flexibility index (Phi) is 4.72. The second-order valence-electron chi connectivity index (χ2n) is 4.82. The molecule has 21 heavy (non-hydrogen) atoms. The Bertz CT molecular complexity index is 643. The van der Waals surface area contributed by atoms with Crippen molar-refractivity contribution in [1.82, 2.24) is 0 Å². The summed E-state index contributed by atoms with van der Waals surface area (Å²) in [5, 5.41) is 3.21. The molecule has 1 amide bonds. The molecule has 0 fully saturated rings. The molecule has 0 spiro atoms. The van der Waals surface area contributed by atoms with Gasteiger partial charge in [-0.1, -0.05) is 24.3 Å². The lowest BCUT2D eigenvalue weighted by molar-refractivity contribution is -0.122. The van der Waals surface area contributed by atoms with Gasteiger partial charge in [-0.3, -0.25) is 4.79 Å². The molecule has 3 N–H and O–H groups in total. The topological polar surface area (TPSA) is 64.3 Å². The molecule has 0 aliphatic heterocycles. The summed E-state index contributed by atoms with van der Waals surface area (Å²) in [6.45, 7) is 1.77. The number of hydrogen-bond acceptors (Lipinski definition) is 3. The van der Waals surface area contributed by atoms with Gasteiger partial charge in [-0.05, 0) is 59.3 Å². The molecular formula is C16H17IN2O2. The number of benzene rings is 2. The second kappa shape index (κ2) is 6.34. The van der Waals surface area contributed by atoms with E-state index in [1.165, 1.54) is 0 Å². The van der Waals surface area contributed by atoms with E-state index in [0.29, 0.717) is 5.75 Å². The van der Waals surface area contributed by atoms with Crippen LogP contribution in [-0.4, -0.2) is 13.0 Å². The zero-order valence-corrected chi connectivity index (χ0v) is 14.0. The molecule has 0 bridgehead atoms. The lowest BCUT2D eigenvalue weighted by atomic mass is 9.91. The van der Waals surface area contributed by atoms with Crippen molar-refractivity contribution in [2.24, 2.45) is 5.73 Å². The van der Waals surface area contributed by atoms with Gasteiger partial charge in [0.1, 0.15) is 11.3 Å². The van der Waals surface area contributed by atoms with Crippen molar-refractivity contribution < 1.29 is 9.53 Å². The summed E-state index contributed by atoms with van der Waals surface area (Å²) in [6.07, 6.45) is 0. The Labute approximate surface area is 137 Å². The minimum absolute atomic E-state index is 0.449. The monoisotopic (exact) mass is 396 g/mol. The van der Waals surface area contributed by atoms with Crippen LogP contribution in [0.2, 0.25) is 0 Å². The van der Waals surface area contributed by atoms with Gasteiger partial charge in [0.05, 0.1) is 12.8 Å². The predicted molar refractivity (Wildman–Crippen MR) is 92.3 cm³/mol. The van der Waals surface area contributed by atoms with Gasteiger partial charge in [-0.15, -0.1) is 0 Å². The van der Waals surface area contributed by atoms with Gasteiger partial charge in [0, 0.05) is 3.57 Å². The lowest BCUT2D eigenvalue weighted by Crippen LogP contribution is -2.45. The molecule has 0 aromatic heterocycles. The number of anilines is 1. The van der Waals surface area contributed by atoms with Crippen molar-refractivity contribution in [2.75, 3.05) is 12.4 Å². The largest absolute Gasteiger partial charge is 0.495 e. The number of carbonyl (C=O) groups excluding carboxylic acids is 1. The SMILES string of the molecule is COc1ccccc1NC(C)(C(N)=O)c1ccc(I)cc1. The van der Waals surface area contributed by atoms with Crippen molar-refractivity contribution in [2.45, 2.75) is 12.5 Å². The maximum Gasteiger partial charge on any atom is 0.247 e. The molecule has 0 heterocycles. The van der Waals surface area contributed by atoms with Crippen LogP contribution in [-0.2, 0) is 10.3 Å². The number of carbonyl (C=O) groups is 1. The average Bonchev–Trinajstić information content (AvgIpc) is 2.48. The standard InChI is InChI=1S/C16H17IN2O2/c1-16(15(18)20,11-7-9-12(17)10-8-11)19-13-5-3-4-6-14(13)21-2/h3-10,19H,1-2H3,(H2,18,20). The summed E-state index contributed by atoms with van der Waals surface area (Å²) in [6, 6.07) is 15.1. The number of nitrogens with one attached hydrogen (secondary N) is 1. The molecule has 2 aromatic carbocycles. The number of nitrogens with two attached hydrogens (primary N) is 1. The smallest absolute Gasteiger partial charge is 0.247 e. The van der Waals surface area contributed by atoms with E-state index in [1.54, 1.807) is 14.0 Å². The van der Waals surface area contributed by atoms with Gasteiger partial charge in [0.2, 0.25) is 5.91 Å². The number of amides is 1. The van der Waals surface area contributed by atoms with Gasteiger partial charge in [0.25, 0.3) is 0 Å². The highest BCUT2D eigenvalue weighted by molar-refractivity contribution is 14.1. The summed E-state index contributed by atoms with van der Waals surface area (Å²) in [7, 11) is 1.59. The average molecular weight is 396 g/mol. The maximum absolute atomic E-state index is 12.0. The molecule has 2 aromatic rings. The first kappa shape index (κ1) is 15.6. The van der Waals surface area contributed by atoms with E-state index in [0.717, 1.165) is 14.8 Å². The van der Waals surface area contributed by atoms with E-state index in [2.05, 4.69) is 27.9 Å². The summed E-state index contributed by atoms with van der Waals surface area (Å²) in [5.74, 6) is 0.213. The number of rotatable bonds is 5. The van der Waals surface area contributed by atoms with Crippen LogP contribution in [0.25, 0.3) is 0 Å². The van der Waals surface area contributed by atoms with E-state index in [-0.39, 0.29) is 0 Å². The molecule has 1 atom stereocenters. The minimum atomic E-state index is -1.01. The zero-order chi connectivity index (χ0) is 15.5. The highest BCUT2D eigenvalue weighted by Gasteiger charge is 2.33. The molecule has 110 valence electrons. The maximum atomic E-state index is 12.0. The Morgan fingerprint density at radius 2 is 1.81 bits per heavy atom. The Morgan fingerprint density at radius 1 is 1.19 bits per heavy atom. The Morgan fingerprint density at radius 3 is 2.38 bits per heavy atom. The van der Waals surface area contributed by atoms with Crippen LogP contribution in [0.15, 0.2) is 48.5 Å². The van der Waals surface area contributed by atoms with Crippen molar-refractivity contribution in [3.05, 3.63) is 57.7 Å². The van der Waals surface area contributed by atoms with Crippen LogP contribution in [0.1, 0.15) is 12.5 Å². The number of halogens is 1. The van der Waals surface area contributed by atoms with E-state index in [1.807, 2.05) is 48.5 Å². The summed E-state index contributed by atoms with van der Waals surface area (Å²) in [5.41, 5.74) is 6.15. The van der Waals surface area contributed by atoms with E-state index in [4.69, 9.17) is 10.5 Å². The first-order chi connectivity index (χ1) is 9.97. The van der Waals surface area contributed by atoms with E-state index >= 15 is 0 Å². The molecule has 2 rings (SSSR count). The van der Waals surface area contributed by atoms with Crippen molar-refractivity contribution >= 4 is 34.2 Å². The number of hydrogen-bond donors (Lipinski definition) is 2. The molecule has 0 radical (unpaired) electrons. The second-order valence-corrected chi connectivity index (χ2v) is 6.07. The Balaban J connectivity index is 2.43. The van der Waals surface area contributed by atoms with Gasteiger partial charge >= 0.3 is 0 Å². The minimum Gasteiger partial charge on any atom is -0.495 e. The van der Waals surface area contributed by atoms with Crippen LogP contribution in [0.5, 0.6) is 5.75 Å². The predicted octanol–water partition coefficient (Wildman–Crippen LogP) is 3.11. The first-order valence-electron chi connectivity index (χ1n) is 6.44. The molecule has 0 aliphatic rings. The van der Waals surface area contributed by atoms with Gasteiger partial charge in [-0.2, -0.15) is 0 Å². The molecule has 0 aliphatic carbocycles. The van der Waals surface area contributed by atoms with Crippen LogP contribution >= 0.6 is 22.6 Å². The summed E-state index contributed by atoms with van der Waals surface area (Å²) in [4.78, 5) is 12.0. The number of ether oxygens (including phenoxy) is 1. The molecular weight excluding hydrogens is 379 g/mol. The van der Waals surface area contributed by atoms with Crippen LogP contribution in [0.4, 0.5) is 5.69 Å². The molecule has 4 nitrogen and oxygen atoms in total. The van der Waals surface area contributed by atoms with Crippen LogP contribution in [0.3, 0.4) is 0 Å². The highest BCUT2D eigenvalue weighted by Crippen LogP contribution is 2.31.